The Bertz CT molecular complexity index is 1520. The van der Waals surface area contributed by atoms with Crippen molar-refractivity contribution in [1.29, 1.82) is 0 Å². The molecule has 1 N–H and O–H groups in total. The van der Waals surface area contributed by atoms with Crippen LogP contribution in [-0.2, 0) is 47.6 Å². The number of piperidine rings is 1. The van der Waals surface area contributed by atoms with Gasteiger partial charge in [-0.1, -0.05) is 45.9 Å². The first-order valence-corrected chi connectivity index (χ1v) is 21.8. The number of alkyl halides is 1. The highest BCUT2D eigenvalue weighted by Crippen LogP contribution is 2.39. The summed E-state index contributed by atoms with van der Waals surface area (Å²) in [5, 5.41) is 12.0. The minimum atomic E-state index is -2.56. The molecule has 0 aromatic carbocycles. The smallest absolute Gasteiger partial charge is 0.329 e. The summed E-state index contributed by atoms with van der Waals surface area (Å²) in [6.07, 6.45) is 5.82. The van der Waals surface area contributed by atoms with Gasteiger partial charge in [-0.2, -0.15) is 0 Å². The monoisotopic (exact) mass is 834 g/mol. The molecule has 1 amide bonds. The number of ketones is 2. The number of esters is 1. The summed E-state index contributed by atoms with van der Waals surface area (Å²) in [5.74, 6) is -7.65. The zero-order valence-corrected chi connectivity index (χ0v) is 37.0. The van der Waals surface area contributed by atoms with Gasteiger partial charge < -0.3 is 38.4 Å². The van der Waals surface area contributed by atoms with Crippen molar-refractivity contribution in [2.75, 3.05) is 34.5 Å². The lowest BCUT2D eigenvalue weighted by Gasteiger charge is -2.47. The van der Waals surface area contributed by atoms with E-state index in [1.54, 1.807) is 40.0 Å². The Balaban J connectivity index is 1.74. The first kappa shape index (κ1) is 48.9. The number of carbonyl (C=O) groups is 4. The fraction of sp³-hybridized carbons (Fsp3) is 0.783. The summed E-state index contributed by atoms with van der Waals surface area (Å²) in [6.45, 7) is 15.1. The van der Waals surface area contributed by atoms with Crippen molar-refractivity contribution in [2.45, 2.75) is 167 Å². The number of carbonyl (C=O) groups excluding carboxylic acids is 4. The van der Waals surface area contributed by atoms with E-state index in [1.165, 1.54) is 19.1 Å². The number of aliphatic hydroxyl groups is 1. The van der Waals surface area contributed by atoms with Gasteiger partial charge in [0.05, 0.1) is 31.0 Å². The SMILES string of the molecule is C=CCOC1CCC(C=C(C)C2OC(=O)C3CCCCN3C(=O)C(=O)C3(O)OC(C(OC)CC(C)C(F)/C(C)=C/C(CC)C(=O)CCC2C)C(OC)CC3C)CC1OC. The molecule has 1 aliphatic carbocycles. The van der Waals surface area contributed by atoms with Crippen LogP contribution in [-0.4, -0.2) is 123 Å². The van der Waals surface area contributed by atoms with Crippen LogP contribution in [0.5, 0.6) is 0 Å². The Morgan fingerprint density at radius 3 is 2.27 bits per heavy atom. The van der Waals surface area contributed by atoms with Gasteiger partial charge in [0, 0.05) is 46.1 Å². The quantitative estimate of drug-likeness (QED) is 0.151. The van der Waals surface area contributed by atoms with Gasteiger partial charge in [-0.15, -0.1) is 6.58 Å². The van der Waals surface area contributed by atoms with Crippen LogP contribution >= 0.6 is 0 Å². The molecule has 2 bridgehead atoms. The van der Waals surface area contributed by atoms with Gasteiger partial charge in [0.25, 0.3) is 11.7 Å². The summed E-state index contributed by atoms with van der Waals surface area (Å²) >= 11 is 0. The van der Waals surface area contributed by atoms with E-state index >= 15 is 4.39 Å². The molecule has 1 saturated carbocycles. The normalized spacial score (nSPS) is 40.0. The minimum Gasteiger partial charge on any atom is -0.456 e. The van der Waals surface area contributed by atoms with Crippen LogP contribution in [0.3, 0.4) is 0 Å². The topological polar surface area (TPSA) is 147 Å². The molecular weight excluding hydrogens is 761 g/mol. The summed E-state index contributed by atoms with van der Waals surface area (Å²) in [5.41, 5.74) is 1.24. The van der Waals surface area contributed by atoms with Gasteiger partial charge in [-0.25, -0.2) is 9.18 Å². The summed E-state index contributed by atoms with van der Waals surface area (Å²) in [7, 11) is 4.60. The van der Waals surface area contributed by atoms with Crippen molar-refractivity contribution < 1.29 is 57.1 Å². The Morgan fingerprint density at radius 1 is 0.949 bits per heavy atom. The van der Waals surface area contributed by atoms with Gasteiger partial charge in [0.2, 0.25) is 5.79 Å². The molecule has 0 aromatic heterocycles. The number of Topliss-reactive ketones (excluding diaryl/α,β-unsaturated/α-hetero) is 2. The Hall–Kier alpha value is -2.81. The number of ether oxygens (including phenoxy) is 6. The maximum absolute atomic E-state index is 16.2. The first-order valence-electron chi connectivity index (χ1n) is 21.8. The van der Waals surface area contributed by atoms with Crippen LogP contribution in [0, 0.1) is 29.6 Å². The largest absolute Gasteiger partial charge is 0.456 e. The third-order valence-electron chi connectivity index (χ3n) is 13.4. The van der Waals surface area contributed by atoms with Crippen LogP contribution in [0.25, 0.3) is 0 Å². The van der Waals surface area contributed by atoms with E-state index in [0.29, 0.717) is 44.3 Å². The molecular formula is C46H72FNO11. The van der Waals surface area contributed by atoms with E-state index in [1.807, 2.05) is 20.8 Å². The highest BCUT2D eigenvalue weighted by Gasteiger charge is 2.56. The molecule has 14 atom stereocenters. The number of hydrogen-bond donors (Lipinski definition) is 1. The molecule has 3 fully saturated rings. The zero-order valence-electron chi connectivity index (χ0n) is 37.0. The Morgan fingerprint density at radius 2 is 1.63 bits per heavy atom. The zero-order chi connectivity index (χ0) is 43.6. The van der Waals surface area contributed by atoms with E-state index in [4.69, 9.17) is 28.4 Å². The van der Waals surface area contributed by atoms with E-state index in [9.17, 15) is 24.3 Å². The lowest BCUT2D eigenvalue weighted by molar-refractivity contribution is -0.302. The Labute approximate surface area is 351 Å². The second kappa shape index (κ2) is 22.3. The average Bonchev–Trinajstić information content (AvgIpc) is 3.24. The molecule has 59 heavy (non-hydrogen) atoms. The van der Waals surface area contributed by atoms with Crippen molar-refractivity contribution in [2.24, 2.45) is 29.6 Å². The lowest BCUT2D eigenvalue weighted by Crippen LogP contribution is -2.64. The van der Waals surface area contributed by atoms with Gasteiger partial charge in [0.1, 0.15) is 30.2 Å². The lowest BCUT2D eigenvalue weighted by atomic mass is 9.81. The van der Waals surface area contributed by atoms with E-state index in [2.05, 4.69) is 12.7 Å². The van der Waals surface area contributed by atoms with Crippen molar-refractivity contribution >= 4 is 23.4 Å². The van der Waals surface area contributed by atoms with Crippen molar-refractivity contribution in [3.05, 3.63) is 36.0 Å². The number of cyclic esters (lactones) is 1. The van der Waals surface area contributed by atoms with Crippen molar-refractivity contribution in [3.8, 4) is 0 Å². The Kier molecular flexibility index (Phi) is 18.5. The summed E-state index contributed by atoms with van der Waals surface area (Å²) in [6, 6.07) is -1.08. The van der Waals surface area contributed by atoms with Crippen LogP contribution < -0.4 is 0 Å². The summed E-state index contributed by atoms with van der Waals surface area (Å²) in [4.78, 5) is 57.9. The molecule has 14 unspecified atom stereocenters. The predicted octanol–water partition coefficient (Wildman–Crippen LogP) is 6.66. The number of rotatable bonds is 9. The van der Waals surface area contributed by atoms with Crippen molar-refractivity contribution in [3.63, 3.8) is 0 Å². The van der Waals surface area contributed by atoms with Crippen LogP contribution in [0.2, 0.25) is 0 Å². The number of fused-ring (bicyclic) bond motifs is 3. The van der Waals surface area contributed by atoms with Gasteiger partial charge >= 0.3 is 5.97 Å². The molecule has 13 heteroatoms. The van der Waals surface area contributed by atoms with E-state index in [0.717, 1.165) is 18.4 Å². The number of hydrogen-bond acceptors (Lipinski definition) is 11. The fourth-order valence-electron chi connectivity index (χ4n) is 9.66. The van der Waals surface area contributed by atoms with Crippen LogP contribution in [0.15, 0.2) is 36.0 Å². The highest BCUT2D eigenvalue weighted by molar-refractivity contribution is 6.39. The second-order valence-electron chi connectivity index (χ2n) is 17.6. The second-order valence-corrected chi connectivity index (χ2v) is 17.6. The molecule has 0 radical (unpaired) electrons. The van der Waals surface area contributed by atoms with Crippen LogP contribution in [0.4, 0.5) is 4.39 Å². The molecule has 12 nitrogen and oxygen atoms in total. The molecule has 0 spiro atoms. The van der Waals surface area contributed by atoms with Crippen LogP contribution in [0.1, 0.15) is 112 Å². The molecule has 4 rings (SSSR count). The first-order chi connectivity index (χ1) is 28.0. The predicted molar refractivity (Wildman–Crippen MR) is 221 cm³/mol. The maximum atomic E-state index is 16.2. The number of allylic oxidation sites excluding steroid dienone is 3. The number of halogens is 1. The van der Waals surface area contributed by atoms with E-state index in [-0.39, 0.29) is 62.1 Å². The van der Waals surface area contributed by atoms with Crippen molar-refractivity contribution in [1.82, 2.24) is 4.90 Å². The molecule has 3 aliphatic heterocycles. The molecule has 3 heterocycles. The number of amides is 1. The third kappa shape index (κ3) is 11.8. The number of nitrogens with zero attached hydrogens (tertiary/aromatic N) is 1. The maximum Gasteiger partial charge on any atom is 0.329 e. The molecule has 334 valence electrons. The molecule has 4 aliphatic rings. The average molecular weight is 834 g/mol. The fourth-order valence-corrected chi connectivity index (χ4v) is 9.66. The highest BCUT2D eigenvalue weighted by atomic mass is 19.1. The summed E-state index contributed by atoms with van der Waals surface area (Å²) < 4.78 is 52.2. The third-order valence-corrected chi connectivity index (χ3v) is 13.4. The molecule has 2 saturated heterocycles. The standard InChI is InChI=1S/C46H72FNO11/c1-11-21-57-36-19-17-32(26-37(36)54-8)22-30(6)41-27(3)16-18-35(49)33(12-2)23-28(4)40(47)29(5)24-38(55-9)42-39(56-10)25-31(7)46(53,59-42)43(50)44(51)48-20-14-13-15-34(48)45(52)58-41/h11,22-23,27,29,31-34,36-42,53H,1,12-21,24-26H2,2-10H3/b28-23+,30-22?. The van der Waals surface area contributed by atoms with Gasteiger partial charge in [-0.05, 0) is 107 Å². The van der Waals surface area contributed by atoms with Gasteiger partial charge in [-0.3, -0.25) is 14.4 Å². The number of methoxy groups -OCH3 is 3. The minimum absolute atomic E-state index is 0.0267. The van der Waals surface area contributed by atoms with Gasteiger partial charge in [0.15, 0.2) is 0 Å². The van der Waals surface area contributed by atoms with E-state index < -0.39 is 77.8 Å². The molecule has 0 aromatic rings.